The summed E-state index contributed by atoms with van der Waals surface area (Å²) in [5.74, 6) is -1.61. The molecule has 0 bridgehead atoms. The van der Waals surface area contributed by atoms with E-state index < -0.39 is 143 Å². The molecule has 30 nitrogen and oxygen atoms in total. The number of phosphoric ester groups is 2. The molecule has 5 saturated heterocycles. The largest absolute Gasteiger partial charge is 0.474 e. The van der Waals surface area contributed by atoms with Crippen molar-refractivity contribution in [1.29, 1.82) is 0 Å². The van der Waals surface area contributed by atoms with Gasteiger partial charge in [-0.1, -0.05) is 13.8 Å². The van der Waals surface area contributed by atoms with E-state index in [9.17, 15) is 61.7 Å². The van der Waals surface area contributed by atoms with Crippen LogP contribution in [-0.2, 0) is 55.2 Å². The van der Waals surface area contributed by atoms with Gasteiger partial charge in [-0.3, -0.25) is 40.8 Å². The average Bonchev–Trinajstić information content (AvgIpc) is 1.77. The molecule has 0 spiro atoms. The van der Waals surface area contributed by atoms with Gasteiger partial charge in [-0.15, -0.1) is 35.3 Å². The van der Waals surface area contributed by atoms with Crippen LogP contribution in [0.5, 0.6) is 0 Å². The number of carbonyl (C=O) groups is 4. The minimum absolute atomic E-state index is 0.0276. The standard InChI is InChI=1S/C23H35FN3O9PS.C20H30FN3O6S.C12H17FN3O6PS/c1-14-15(13-34-37(31)32-11-8-12-33-37)38-18(17(14)24)26-10-9-16(25-19(26)28)27(20(29)35-22(2,3)4)21(30)36-23(5,6)7;1-11-12(10-25)31-15(14(11)21)23-9-8-13(22-16(23)26)24(17(27)29-19(2,3)4)18(28)30-20(5,6)7;13-9-10(17)7(6-22-23(19)20-4-1-5-21-23)24-11(9)16-3-2-8(14)15-12(16)18/h9-10,14-15,17-18H,8,11-13H2,1-7H3;8-9,11-12,14-15,25H,10H2,1-7H3;2-3,7,9-11,17H,1,4-6H2,(H2,14,15,18)/t14-,15-,17+,18-;11-,12-,14+,15-;7-,9+,10-,11-/m111/s1. The third-order valence-corrected chi connectivity index (χ3v) is 21.1. The lowest BCUT2D eigenvalue weighted by Crippen LogP contribution is -2.45. The Morgan fingerprint density at radius 1 is 0.559 bits per heavy atom. The van der Waals surface area contributed by atoms with E-state index in [0.717, 1.165) is 49.0 Å². The maximum Gasteiger partial charge on any atom is 0.474 e. The molecule has 12 atom stereocenters. The molecular weight excluding hydrogens is 1340 g/mol. The van der Waals surface area contributed by atoms with Gasteiger partial charge >= 0.3 is 57.1 Å². The molecule has 0 aromatic carbocycles. The first-order valence-corrected chi connectivity index (χ1v) is 35.1. The predicted molar refractivity (Wildman–Crippen MR) is 337 cm³/mol. The summed E-state index contributed by atoms with van der Waals surface area (Å²) in [7, 11) is -7.35. The van der Waals surface area contributed by atoms with E-state index in [1.807, 2.05) is 0 Å². The Labute approximate surface area is 547 Å². The summed E-state index contributed by atoms with van der Waals surface area (Å²) >= 11 is 3.24. The van der Waals surface area contributed by atoms with E-state index in [1.54, 1.807) is 96.9 Å². The summed E-state index contributed by atoms with van der Waals surface area (Å²) < 4.78 is 124. The molecule has 0 radical (unpaired) electrons. The number of nitrogen functional groups attached to an aromatic ring is 1. The molecule has 4 N–H and O–H groups in total. The molecule has 522 valence electrons. The number of hydrogen-bond donors (Lipinski definition) is 3. The first-order valence-electron chi connectivity index (χ1n) is 29.3. The number of rotatable bonds is 12. The van der Waals surface area contributed by atoms with Gasteiger partial charge in [0.05, 0.1) is 51.5 Å². The van der Waals surface area contributed by atoms with Gasteiger partial charge in [0.2, 0.25) is 0 Å². The molecule has 93 heavy (non-hydrogen) atoms. The first-order chi connectivity index (χ1) is 43.0. The van der Waals surface area contributed by atoms with Crippen molar-refractivity contribution in [3.05, 3.63) is 68.2 Å². The number of carbonyl (C=O) groups excluding carboxylic acids is 4. The Bertz CT molecular complexity index is 3330. The van der Waals surface area contributed by atoms with Gasteiger partial charge in [0.1, 0.15) is 62.8 Å². The number of ether oxygens (including phenoxy) is 4. The second-order valence-electron chi connectivity index (χ2n) is 25.5. The maximum atomic E-state index is 15.3. The van der Waals surface area contributed by atoms with Gasteiger partial charge in [0.25, 0.3) is 0 Å². The molecular formula is C55H82F3N9O21P2S3. The van der Waals surface area contributed by atoms with Gasteiger partial charge in [-0.05, 0) is 114 Å². The van der Waals surface area contributed by atoms with E-state index in [-0.39, 0.29) is 69.0 Å². The smallest absolute Gasteiger partial charge is 0.443 e. The number of thioether (sulfide) groups is 3. The number of alkyl halides is 3. The zero-order chi connectivity index (χ0) is 69.5. The lowest BCUT2D eigenvalue weighted by Gasteiger charge is -2.28. The number of anilines is 3. The Morgan fingerprint density at radius 2 is 0.871 bits per heavy atom. The second kappa shape index (κ2) is 31.4. The number of amides is 4. The Morgan fingerprint density at radius 3 is 1.20 bits per heavy atom. The highest BCUT2D eigenvalue weighted by Crippen LogP contribution is 2.55. The molecule has 3 aromatic heterocycles. The van der Waals surface area contributed by atoms with Crippen LogP contribution < -0.4 is 32.6 Å². The predicted octanol–water partition coefficient (Wildman–Crippen LogP) is 9.27. The Kier molecular flexibility index (Phi) is 26.0. The summed E-state index contributed by atoms with van der Waals surface area (Å²) in [5, 5.41) is 15.1. The molecule has 5 fully saturated rings. The van der Waals surface area contributed by atoms with Gasteiger partial charge in [-0.2, -0.15) is 24.8 Å². The number of nitrogens with two attached hydrogens (primary N) is 1. The highest BCUT2D eigenvalue weighted by Gasteiger charge is 2.49. The van der Waals surface area contributed by atoms with Crippen LogP contribution in [0.2, 0.25) is 0 Å². The van der Waals surface area contributed by atoms with Crippen LogP contribution in [0, 0.1) is 11.8 Å². The molecule has 4 amide bonds. The van der Waals surface area contributed by atoms with Crippen molar-refractivity contribution in [1.82, 2.24) is 28.7 Å². The van der Waals surface area contributed by atoms with Crippen LogP contribution in [0.4, 0.5) is 49.8 Å². The number of nitrogens with zero attached hydrogens (tertiary/aromatic N) is 8. The van der Waals surface area contributed by atoms with Crippen LogP contribution in [0.3, 0.4) is 0 Å². The van der Waals surface area contributed by atoms with E-state index in [4.69, 9.17) is 51.8 Å². The highest BCUT2D eigenvalue weighted by molar-refractivity contribution is 8.00. The monoisotopic (exact) mass is 1420 g/mol. The molecule has 5 aliphatic heterocycles. The fraction of sp³-hybridized carbons (Fsp3) is 0.709. The molecule has 8 heterocycles. The number of aliphatic hydroxyl groups excluding tert-OH is 2. The normalized spacial score (nSPS) is 26.9. The van der Waals surface area contributed by atoms with E-state index >= 15 is 4.39 Å². The van der Waals surface area contributed by atoms with Gasteiger partial charge in [0.15, 0.2) is 17.8 Å². The van der Waals surface area contributed by atoms with Crippen LogP contribution in [0.25, 0.3) is 0 Å². The molecule has 3 aromatic rings. The van der Waals surface area contributed by atoms with Crippen LogP contribution >= 0.6 is 50.9 Å². The van der Waals surface area contributed by atoms with Gasteiger partial charge < -0.3 is 34.9 Å². The lowest BCUT2D eigenvalue weighted by atomic mass is 10.0. The van der Waals surface area contributed by atoms with Crippen molar-refractivity contribution in [3.8, 4) is 0 Å². The molecule has 38 heteroatoms. The SMILES string of the molecule is C[C@H]1[C@H](F)[C@H](n2ccc(N(C(=O)OC(C)(C)C)C(=O)OC(C)(C)C)nc2=O)S[C@@H]1CO.C[C@H]1[C@H](F)[C@H](n2ccc(N(C(=O)OC(C)(C)C)C(=O)OC(C)(C)C)nc2=O)S[C@@H]1COP1(=O)OCCCO1.Nc1ccn([C@@H]2S[C@H](COP3(=O)OCCCO3)[C@@H](O)[C@@H]2F)c(=O)n1. The summed E-state index contributed by atoms with van der Waals surface area (Å²) in [6.45, 7) is 23.2. The first kappa shape index (κ1) is 76.9. The molecule has 5 aliphatic rings. The summed E-state index contributed by atoms with van der Waals surface area (Å²) in [6, 6.07) is 3.85. The van der Waals surface area contributed by atoms with Gasteiger partial charge in [-0.25, -0.2) is 55.9 Å². The summed E-state index contributed by atoms with van der Waals surface area (Å²) in [5.41, 5.74) is -0.755. The highest BCUT2D eigenvalue weighted by atomic mass is 32.2. The summed E-state index contributed by atoms with van der Waals surface area (Å²) in [6.07, 6.45) is -5.20. The molecule has 8 rings (SSSR count). The van der Waals surface area contributed by atoms with Crippen molar-refractivity contribution < 1.29 is 97.8 Å². The zero-order valence-corrected chi connectivity index (χ0v) is 58.1. The van der Waals surface area contributed by atoms with Crippen molar-refractivity contribution >= 4 is 92.8 Å². The second-order valence-corrected chi connectivity index (χ2v) is 33.0. The number of aliphatic hydroxyl groups is 2. The van der Waals surface area contributed by atoms with Gasteiger partial charge in [0, 0.05) is 40.9 Å². The third kappa shape index (κ3) is 21.2. The lowest BCUT2D eigenvalue weighted by molar-refractivity contribution is 0.0406. The topological polar surface area (TPSA) is 372 Å². The van der Waals surface area contributed by atoms with Crippen molar-refractivity contribution in [2.24, 2.45) is 11.8 Å². The van der Waals surface area contributed by atoms with E-state index in [1.165, 1.54) is 36.8 Å². The fourth-order valence-corrected chi connectivity index (χ4v) is 16.1. The number of imide groups is 2. The Hall–Kier alpha value is -5.10. The number of aromatic nitrogens is 6. The van der Waals surface area contributed by atoms with Crippen molar-refractivity contribution in [3.63, 3.8) is 0 Å². The van der Waals surface area contributed by atoms with Crippen molar-refractivity contribution in [2.75, 3.05) is 61.8 Å². The quantitative estimate of drug-likeness (QED) is 0.112. The minimum Gasteiger partial charge on any atom is -0.443 e. The van der Waals surface area contributed by atoms with Crippen LogP contribution in [-0.4, -0.2) is 172 Å². The number of hydrogen-bond acceptors (Lipinski definition) is 28. The minimum atomic E-state index is -3.69. The van der Waals surface area contributed by atoms with Crippen LogP contribution in [0.1, 0.15) is 126 Å². The molecule has 0 saturated carbocycles. The number of halogens is 3. The third-order valence-electron chi connectivity index (χ3n) is 13.3. The summed E-state index contributed by atoms with van der Waals surface area (Å²) in [4.78, 5) is 101. The molecule has 0 aliphatic carbocycles. The van der Waals surface area contributed by atoms with Crippen LogP contribution in [0.15, 0.2) is 51.2 Å². The van der Waals surface area contributed by atoms with E-state index in [2.05, 4.69) is 15.0 Å². The zero-order valence-electron chi connectivity index (χ0n) is 53.8. The fourth-order valence-electron chi connectivity index (χ4n) is 8.78. The van der Waals surface area contributed by atoms with Crippen molar-refractivity contribution in [2.45, 2.75) is 189 Å². The Balaban J connectivity index is 0.000000227. The number of phosphoric acid groups is 2. The van der Waals surface area contributed by atoms with E-state index in [0.29, 0.717) is 22.6 Å². The maximum absolute atomic E-state index is 15.3. The molecule has 0 unspecified atom stereocenters. The average molecular weight is 1420 g/mol.